The van der Waals surface area contributed by atoms with Crippen LogP contribution in [0.25, 0.3) is 0 Å². The summed E-state index contributed by atoms with van der Waals surface area (Å²) in [6.45, 7) is 13.9. The first-order valence-corrected chi connectivity index (χ1v) is 7.48. The highest BCUT2D eigenvalue weighted by Crippen LogP contribution is 2.39. The molecule has 1 aromatic heterocycles. The van der Waals surface area contributed by atoms with Gasteiger partial charge in [0.2, 0.25) is 0 Å². The fraction of sp³-hybridized carbons (Fsp3) is 0.733. The molecule has 16 heavy (non-hydrogen) atoms. The van der Waals surface area contributed by atoms with Gasteiger partial charge in [-0.3, -0.25) is 0 Å². The standard InChI is InChI=1S/C15H26S/c1-7-9-12-13(8-2)16-15(11(5)6)14(12)10(3)4/h10-11H,7-9H2,1-6H3. The number of hydrogen-bond donors (Lipinski definition) is 0. The molecule has 0 aliphatic carbocycles. The summed E-state index contributed by atoms with van der Waals surface area (Å²) in [6.07, 6.45) is 3.73. The first-order chi connectivity index (χ1) is 7.52. The van der Waals surface area contributed by atoms with E-state index in [1.165, 1.54) is 19.3 Å². The van der Waals surface area contributed by atoms with E-state index in [9.17, 15) is 0 Å². The Hall–Kier alpha value is -0.300. The van der Waals surface area contributed by atoms with E-state index >= 15 is 0 Å². The van der Waals surface area contributed by atoms with E-state index in [2.05, 4.69) is 52.9 Å². The van der Waals surface area contributed by atoms with Crippen LogP contribution in [-0.2, 0) is 12.8 Å². The molecule has 0 amide bonds. The molecule has 0 aliphatic heterocycles. The molecule has 1 aromatic rings. The fourth-order valence-electron chi connectivity index (χ4n) is 2.42. The molecule has 0 aliphatic rings. The van der Waals surface area contributed by atoms with Crippen LogP contribution in [0.3, 0.4) is 0 Å². The summed E-state index contributed by atoms with van der Waals surface area (Å²) in [5.41, 5.74) is 3.34. The van der Waals surface area contributed by atoms with Crippen molar-refractivity contribution in [3.63, 3.8) is 0 Å². The topological polar surface area (TPSA) is 0 Å². The van der Waals surface area contributed by atoms with E-state index in [0.29, 0.717) is 11.8 Å². The van der Waals surface area contributed by atoms with Crippen LogP contribution in [0.4, 0.5) is 0 Å². The van der Waals surface area contributed by atoms with E-state index in [4.69, 9.17) is 0 Å². The lowest BCUT2D eigenvalue weighted by Gasteiger charge is -2.13. The lowest BCUT2D eigenvalue weighted by Crippen LogP contribution is -1.99. The molecule has 0 nitrogen and oxygen atoms in total. The molecule has 0 bridgehead atoms. The molecule has 0 saturated carbocycles. The molecule has 0 radical (unpaired) electrons. The van der Waals surface area contributed by atoms with Gasteiger partial charge >= 0.3 is 0 Å². The van der Waals surface area contributed by atoms with Gasteiger partial charge < -0.3 is 0 Å². The van der Waals surface area contributed by atoms with Crippen molar-refractivity contribution in [2.45, 2.75) is 72.6 Å². The van der Waals surface area contributed by atoms with Crippen LogP contribution in [0, 0.1) is 0 Å². The van der Waals surface area contributed by atoms with E-state index in [1.807, 2.05) is 0 Å². The van der Waals surface area contributed by atoms with Crippen molar-refractivity contribution >= 4 is 11.3 Å². The van der Waals surface area contributed by atoms with Gasteiger partial charge in [-0.1, -0.05) is 48.0 Å². The maximum atomic E-state index is 2.34. The third kappa shape index (κ3) is 2.68. The van der Waals surface area contributed by atoms with Crippen molar-refractivity contribution in [1.82, 2.24) is 0 Å². The molecule has 1 heterocycles. The van der Waals surface area contributed by atoms with Crippen molar-refractivity contribution in [3.8, 4) is 0 Å². The molecule has 0 spiro atoms. The Bertz CT molecular complexity index is 331. The molecule has 1 rings (SSSR count). The van der Waals surface area contributed by atoms with E-state index < -0.39 is 0 Å². The van der Waals surface area contributed by atoms with Gasteiger partial charge in [-0.15, -0.1) is 11.3 Å². The largest absolute Gasteiger partial charge is 0.145 e. The fourth-order valence-corrected chi connectivity index (χ4v) is 3.87. The molecule has 0 atom stereocenters. The van der Waals surface area contributed by atoms with E-state index in [-0.39, 0.29) is 0 Å². The molecular weight excluding hydrogens is 212 g/mol. The minimum absolute atomic E-state index is 0.676. The Balaban J connectivity index is 3.29. The van der Waals surface area contributed by atoms with Gasteiger partial charge in [0.15, 0.2) is 0 Å². The molecule has 0 aromatic carbocycles. The molecular formula is C15H26S. The zero-order chi connectivity index (χ0) is 12.3. The summed E-state index contributed by atoms with van der Waals surface area (Å²) in [5.74, 6) is 1.36. The monoisotopic (exact) mass is 238 g/mol. The Morgan fingerprint density at radius 2 is 1.62 bits per heavy atom. The van der Waals surface area contributed by atoms with Crippen LogP contribution in [0.1, 0.15) is 80.7 Å². The van der Waals surface area contributed by atoms with Crippen molar-refractivity contribution in [3.05, 3.63) is 20.9 Å². The summed E-state index contributed by atoms with van der Waals surface area (Å²) in [7, 11) is 0. The van der Waals surface area contributed by atoms with Crippen LogP contribution in [-0.4, -0.2) is 0 Å². The van der Waals surface area contributed by atoms with Crippen molar-refractivity contribution < 1.29 is 0 Å². The van der Waals surface area contributed by atoms with Crippen LogP contribution in [0.2, 0.25) is 0 Å². The highest BCUT2D eigenvalue weighted by atomic mass is 32.1. The van der Waals surface area contributed by atoms with Crippen molar-refractivity contribution in [2.24, 2.45) is 0 Å². The van der Waals surface area contributed by atoms with Gasteiger partial charge in [0.1, 0.15) is 0 Å². The second kappa shape index (κ2) is 5.86. The van der Waals surface area contributed by atoms with Crippen LogP contribution in [0.15, 0.2) is 0 Å². The number of thiophene rings is 1. The Morgan fingerprint density at radius 3 is 2.00 bits per heavy atom. The predicted octanol–water partition coefficient (Wildman–Crippen LogP) is 5.51. The summed E-state index contributed by atoms with van der Waals surface area (Å²) in [4.78, 5) is 3.27. The molecule has 92 valence electrons. The smallest absolute Gasteiger partial charge is 0.0111 e. The summed E-state index contributed by atoms with van der Waals surface area (Å²) in [5, 5.41) is 0. The minimum Gasteiger partial charge on any atom is -0.145 e. The third-order valence-corrected chi connectivity index (χ3v) is 4.78. The molecule has 0 N–H and O–H groups in total. The van der Waals surface area contributed by atoms with Crippen molar-refractivity contribution in [1.29, 1.82) is 0 Å². The molecule has 0 unspecified atom stereocenters. The third-order valence-electron chi connectivity index (χ3n) is 3.08. The molecule has 1 heteroatoms. The zero-order valence-corrected chi connectivity index (χ0v) is 12.5. The number of aryl methyl sites for hydroxylation is 1. The van der Waals surface area contributed by atoms with E-state index in [1.54, 1.807) is 20.9 Å². The van der Waals surface area contributed by atoms with Crippen LogP contribution in [0.5, 0.6) is 0 Å². The second-order valence-electron chi connectivity index (χ2n) is 5.19. The lowest BCUT2D eigenvalue weighted by molar-refractivity contribution is 0.782. The highest BCUT2D eigenvalue weighted by Gasteiger charge is 2.20. The first-order valence-electron chi connectivity index (χ1n) is 6.67. The number of hydrogen-bond acceptors (Lipinski definition) is 1. The maximum absolute atomic E-state index is 2.34. The van der Waals surface area contributed by atoms with Crippen LogP contribution >= 0.6 is 11.3 Å². The Kier molecular flexibility index (Phi) is 5.04. The van der Waals surface area contributed by atoms with Gasteiger partial charge in [-0.25, -0.2) is 0 Å². The first kappa shape index (κ1) is 13.8. The summed E-state index contributed by atoms with van der Waals surface area (Å²) < 4.78 is 0. The minimum atomic E-state index is 0.676. The van der Waals surface area contributed by atoms with Gasteiger partial charge in [0, 0.05) is 9.75 Å². The van der Waals surface area contributed by atoms with Gasteiger partial charge in [-0.05, 0) is 35.8 Å². The highest BCUT2D eigenvalue weighted by molar-refractivity contribution is 7.12. The summed E-state index contributed by atoms with van der Waals surface area (Å²) in [6, 6.07) is 0. The molecule has 0 fully saturated rings. The van der Waals surface area contributed by atoms with Crippen LogP contribution < -0.4 is 0 Å². The SMILES string of the molecule is CCCc1c(CC)sc(C(C)C)c1C(C)C. The predicted molar refractivity (Wildman–Crippen MR) is 75.9 cm³/mol. The van der Waals surface area contributed by atoms with Crippen molar-refractivity contribution in [2.75, 3.05) is 0 Å². The average Bonchev–Trinajstić information content (AvgIpc) is 2.57. The maximum Gasteiger partial charge on any atom is 0.0111 e. The number of rotatable bonds is 5. The zero-order valence-electron chi connectivity index (χ0n) is 11.7. The van der Waals surface area contributed by atoms with Gasteiger partial charge in [0.05, 0.1) is 0 Å². The lowest BCUT2D eigenvalue weighted by atomic mass is 9.91. The summed E-state index contributed by atoms with van der Waals surface area (Å²) >= 11 is 2.06. The molecule has 0 saturated heterocycles. The normalized spacial score (nSPS) is 11.8. The van der Waals surface area contributed by atoms with E-state index in [0.717, 1.165) is 0 Å². The second-order valence-corrected chi connectivity index (χ2v) is 6.33. The van der Waals surface area contributed by atoms with Gasteiger partial charge in [-0.2, -0.15) is 0 Å². The average molecular weight is 238 g/mol. The quantitative estimate of drug-likeness (QED) is 0.634. The Morgan fingerprint density at radius 1 is 1.00 bits per heavy atom. The van der Waals surface area contributed by atoms with Gasteiger partial charge in [0.25, 0.3) is 0 Å². The Labute approximate surface area is 105 Å².